The van der Waals surface area contributed by atoms with Crippen LogP contribution < -0.4 is 15.4 Å². The van der Waals surface area contributed by atoms with E-state index in [4.69, 9.17) is 4.74 Å². The lowest BCUT2D eigenvalue weighted by Crippen LogP contribution is -2.43. The zero-order valence-electron chi connectivity index (χ0n) is 12.1. The smallest absolute Gasteiger partial charge is 0.191 e. The molecule has 5 heteroatoms. The minimum absolute atomic E-state index is 0.261. The predicted octanol–water partition coefficient (Wildman–Crippen LogP) is 1.06. The van der Waals surface area contributed by atoms with Crippen molar-refractivity contribution in [2.45, 2.75) is 31.9 Å². The highest BCUT2D eigenvalue weighted by atomic mass is 16.5. The molecule has 20 heavy (non-hydrogen) atoms. The van der Waals surface area contributed by atoms with Crippen molar-refractivity contribution in [3.05, 3.63) is 29.8 Å². The fraction of sp³-hybridized carbons (Fsp3) is 0.533. The Morgan fingerprint density at radius 2 is 2.30 bits per heavy atom. The van der Waals surface area contributed by atoms with Gasteiger partial charge in [-0.05, 0) is 37.5 Å². The van der Waals surface area contributed by atoms with E-state index in [1.165, 1.54) is 12.8 Å². The molecule has 110 valence electrons. The van der Waals surface area contributed by atoms with E-state index in [1.807, 2.05) is 31.2 Å². The second-order valence-electron chi connectivity index (χ2n) is 5.15. The van der Waals surface area contributed by atoms with Crippen molar-refractivity contribution in [2.24, 2.45) is 4.99 Å². The van der Waals surface area contributed by atoms with E-state index in [-0.39, 0.29) is 6.61 Å². The van der Waals surface area contributed by atoms with Gasteiger partial charge >= 0.3 is 0 Å². The van der Waals surface area contributed by atoms with Gasteiger partial charge in [-0.1, -0.05) is 12.1 Å². The Kier molecular flexibility index (Phi) is 5.24. The first-order valence-corrected chi connectivity index (χ1v) is 7.02. The number of aliphatic hydroxyl groups is 1. The van der Waals surface area contributed by atoms with E-state index in [0.29, 0.717) is 12.6 Å². The number of rotatable bonds is 6. The minimum Gasteiger partial charge on any atom is -0.491 e. The molecular weight excluding hydrogens is 254 g/mol. The van der Waals surface area contributed by atoms with Crippen LogP contribution >= 0.6 is 0 Å². The summed E-state index contributed by atoms with van der Waals surface area (Å²) in [7, 11) is 1.73. The van der Waals surface area contributed by atoms with E-state index < -0.39 is 6.10 Å². The molecular formula is C15H23N3O2. The summed E-state index contributed by atoms with van der Waals surface area (Å²) in [5.74, 6) is 1.52. The van der Waals surface area contributed by atoms with E-state index in [2.05, 4.69) is 15.6 Å². The summed E-state index contributed by atoms with van der Waals surface area (Å²) in [6.45, 7) is 2.69. The number of nitrogens with one attached hydrogen (secondary N) is 2. The monoisotopic (exact) mass is 277 g/mol. The van der Waals surface area contributed by atoms with Gasteiger partial charge in [-0.25, -0.2) is 0 Å². The molecule has 0 unspecified atom stereocenters. The minimum atomic E-state index is -0.576. The van der Waals surface area contributed by atoms with Crippen LogP contribution in [0.3, 0.4) is 0 Å². The number of benzene rings is 1. The van der Waals surface area contributed by atoms with Gasteiger partial charge in [0, 0.05) is 19.6 Å². The maximum absolute atomic E-state index is 9.90. The molecule has 0 radical (unpaired) electrons. The van der Waals surface area contributed by atoms with E-state index in [0.717, 1.165) is 17.3 Å². The van der Waals surface area contributed by atoms with Gasteiger partial charge in [0.05, 0.1) is 0 Å². The standard InChI is InChI=1S/C15H23N3O2/c1-11-4-3-5-14(8-11)20-10-13(19)9-17-15(16-2)18-12-6-7-12/h3-5,8,12-13,19H,6-7,9-10H2,1-2H3,(H2,16,17,18)/t13-/m1/s1. The fourth-order valence-corrected chi connectivity index (χ4v) is 1.79. The molecule has 0 heterocycles. The molecule has 1 atom stereocenters. The summed E-state index contributed by atoms with van der Waals surface area (Å²) in [5.41, 5.74) is 1.14. The molecule has 0 saturated heterocycles. The summed E-state index contributed by atoms with van der Waals surface area (Å²) in [5, 5.41) is 16.3. The largest absolute Gasteiger partial charge is 0.491 e. The van der Waals surface area contributed by atoms with Gasteiger partial charge in [-0.2, -0.15) is 0 Å². The molecule has 0 amide bonds. The highest BCUT2D eigenvalue weighted by Gasteiger charge is 2.22. The van der Waals surface area contributed by atoms with Crippen LogP contribution in [-0.2, 0) is 0 Å². The maximum atomic E-state index is 9.90. The van der Waals surface area contributed by atoms with Crippen molar-refractivity contribution in [3.63, 3.8) is 0 Å². The third-order valence-electron chi connectivity index (χ3n) is 3.08. The second kappa shape index (κ2) is 7.14. The summed E-state index contributed by atoms with van der Waals surface area (Å²) in [4.78, 5) is 4.11. The van der Waals surface area contributed by atoms with Crippen LogP contribution in [0.25, 0.3) is 0 Å². The molecule has 0 aliphatic heterocycles. The quantitative estimate of drug-likeness (QED) is 0.537. The number of hydrogen-bond acceptors (Lipinski definition) is 3. The number of guanidine groups is 1. The highest BCUT2D eigenvalue weighted by molar-refractivity contribution is 5.80. The average Bonchev–Trinajstić information content (AvgIpc) is 3.25. The molecule has 1 aromatic carbocycles. The summed E-state index contributed by atoms with van der Waals surface area (Å²) >= 11 is 0. The Bertz CT molecular complexity index is 458. The molecule has 2 rings (SSSR count). The fourth-order valence-electron chi connectivity index (χ4n) is 1.79. The van der Waals surface area contributed by atoms with Gasteiger partial charge in [0.15, 0.2) is 5.96 Å². The van der Waals surface area contributed by atoms with E-state index in [9.17, 15) is 5.11 Å². The van der Waals surface area contributed by atoms with E-state index >= 15 is 0 Å². The van der Waals surface area contributed by atoms with Crippen molar-refractivity contribution in [1.82, 2.24) is 10.6 Å². The Balaban J connectivity index is 1.68. The van der Waals surface area contributed by atoms with Gasteiger partial charge in [-0.3, -0.25) is 4.99 Å². The second-order valence-corrected chi connectivity index (χ2v) is 5.15. The maximum Gasteiger partial charge on any atom is 0.191 e. The third-order valence-corrected chi connectivity index (χ3v) is 3.08. The third kappa shape index (κ3) is 5.09. The van der Waals surface area contributed by atoms with Crippen molar-refractivity contribution in [3.8, 4) is 5.75 Å². The summed E-state index contributed by atoms with van der Waals surface area (Å²) in [6.07, 6.45) is 1.81. The van der Waals surface area contributed by atoms with Gasteiger partial charge in [0.25, 0.3) is 0 Å². The van der Waals surface area contributed by atoms with Crippen LogP contribution in [0.2, 0.25) is 0 Å². The first-order valence-electron chi connectivity index (χ1n) is 7.02. The zero-order valence-corrected chi connectivity index (χ0v) is 12.1. The van der Waals surface area contributed by atoms with Crippen LogP contribution in [0.5, 0.6) is 5.75 Å². The van der Waals surface area contributed by atoms with Crippen LogP contribution in [0.15, 0.2) is 29.3 Å². The first-order chi connectivity index (χ1) is 9.67. The molecule has 1 aliphatic rings. The number of aryl methyl sites for hydroxylation is 1. The van der Waals surface area contributed by atoms with Crippen LogP contribution in [0.1, 0.15) is 18.4 Å². The Morgan fingerprint density at radius 1 is 1.50 bits per heavy atom. The van der Waals surface area contributed by atoms with Crippen molar-refractivity contribution in [2.75, 3.05) is 20.2 Å². The van der Waals surface area contributed by atoms with Crippen molar-refractivity contribution in [1.29, 1.82) is 0 Å². The number of ether oxygens (including phenoxy) is 1. The lowest BCUT2D eigenvalue weighted by atomic mass is 10.2. The predicted molar refractivity (Wildman–Crippen MR) is 80.2 cm³/mol. The zero-order chi connectivity index (χ0) is 14.4. The molecule has 3 N–H and O–H groups in total. The van der Waals surface area contributed by atoms with Gasteiger partial charge < -0.3 is 20.5 Å². The van der Waals surface area contributed by atoms with Gasteiger partial charge in [0.1, 0.15) is 18.5 Å². The topological polar surface area (TPSA) is 65.9 Å². The van der Waals surface area contributed by atoms with Crippen molar-refractivity contribution >= 4 is 5.96 Å². The average molecular weight is 277 g/mol. The van der Waals surface area contributed by atoms with Crippen LogP contribution in [0.4, 0.5) is 0 Å². The first kappa shape index (κ1) is 14.7. The normalized spacial score (nSPS) is 16.6. The van der Waals surface area contributed by atoms with Crippen LogP contribution in [-0.4, -0.2) is 43.4 Å². The molecule has 0 spiro atoms. The van der Waals surface area contributed by atoms with E-state index in [1.54, 1.807) is 7.05 Å². The molecule has 1 saturated carbocycles. The lowest BCUT2D eigenvalue weighted by molar-refractivity contribution is 0.110. The Hall–Kier alpha value is -1.75. The van der Waals surface area contributed by atoms with Gasteiger partial charge in [0.2, 0.25) is 0 Å². The Labute approximate surface area is 120 Å². The molecule has 5 nitrogen and oxygen atoms in total. The van der Waals surface area contributed by atoms with Gasteiger partial charge in [-0.15, -0.1) is 0 Å². The number of nitrogens with zero attached hydrogens (tertiary/aromatic N) is 1. The summed E-state index contributed by atoms with van der Waals surface area (Å²) in [6, 6.07) is 8.34. The molecule has 0 bridgehead atoms. The Morgan fingerprint density at radius 3 is 2.95 bits per heavy atom. The molecule has 1 fully saturated rings. The molecule has 0 aromatic heterocycles. The SMILES string of the molecule is CN=C(NC[C@@H](O)COc1cccc(C)c1)NC1CC1. The summed E-state index contributed by atoms with van der Waals surface area (Å²) < 4.78 is 5.56. The molecule has 1 aliphatic carbocycles. The highest BCUT2D eigenvalue weighted by Crippen LogP contribution is 2.18. The van der Waals surface area contributed by atoms with Crippen molar-refractivity contribution < 1.29 is 9.84 Å². The molecule has 1 aromatic rings. The lowest BCUT2D eigenvalue weighted by Gasteiger charge is -2.16. The number of aliphatic imine (C=N–C) groups is 1. The number of aliphatic hydroxyl groups excluding tert-OH is 1. The number of hydrogen-bond donors (Lipinski definition) is 3. The van der Waals surface area contributed by atoms with Crippen LogP contribution in [0, 0.1) is 6.92 Å².